The maximum atomic E-state index is 12.2. The highest BCUT2D eigenvalue weighted by Crippen LogP contribution is 2.21. The van der Waals surface area contributed by atoms with Gasteiger partial charge in [0.05, 0.1) is 12.1 Å². The van der Waals surface area contributed by atoms with Crippen LogP contribution in [0.1, 0.15) is 11.6 Å². The molecule has 104 valence electrons. The topological polar surface area (TPSA) is 109 Å². The highest BCUT2D eigenvalue weighted by atomic mass is 32.2. The monoisotopic (exact) mass is 308 g/mol. The van der Waals surface area contributed by atoms with Crippen LogP contribution in [0.25, 0.3) is 0 Å². The Morgan fingerprint density at radius 2 is 2.20 bits per heavy atom. The summed E-state index contributed by atoms with van der Waals surface area (Å²) >= 11 is 1.40. The summed E-state index contributed by atoms with van der Waals surface area (Å²) in [5.41, 5.74) is 6.35. The molecule has 8 heteroatoms. The van der Waals surface area contributed by atoms with Gasteiger partial charge in [0.2, 0.25) is 0 Å². The van der Waals surface area contributed by atoms with Gasteiger partial charge in [-0.05, 0) is 34.5 Å². The highest BCUT2D eigenvalue weighted by Gasteiger charge is 2.27. The quantitative estimate of drug-likeness (QED) is 0.857. The van der Waals surface area contributed by atoms with E-state index in [1.54, 1.807) is 29.0 Å². The molecule has 2 heterocycles. The number of aromatic nitrogens is 1. The number of sulfonamides is 1. The van der Waals surface area contributed by atoms with E-state index in [1.165, 1.54) is 23.6 Å². The van der Waals surface area contributed by atoms with Gasteiger partial charge in [-0.25, -0.2) is 13.4 Å². The average molecular weight is 308 g/mol. The molecule has 20 heavy (non-hydrogen) atoms. The van der Waals surface area contributed by atoms with Crippen LogP contribution in [0, 0.1) is 11.3 Å². The zero-order valence-corrected chi connectivity index (χ0v) is 11.9. The third kappa shape index (κ3) is 3.20. The molecule has 0 bridgehead atoms. The van der Waals surface area contributed by atoms with E-state index in [9.17, 15) is 8.42 Å². The van der Waals surface area contributed by atoms with Gasteiger partial charge in [0.1, 0.15) is 6.04 Å². The fourth-order valence-electron chi connectivity index (χ4n) is 1.61. The van der Waals surface area contributed by atoms with Crippen LogP contribution in [0.3, 0.4) is 0 Å². The first-order chi connectivity index (χ1) is 9.54. The average Bonchev–Trinajstić information content (AvgIpc) is 2.99. The van der Waals surface area contributed by atoms with Gasteiger partial charge < -0.3 is 5.73 Å². The second kappa shape index (κ2) is 6.11. The Bertz CT molecular complexity index is 693. The van der Waals surface area contributed by atoms with E-state index in [0.29, 0.717) is 5.56 Å². The van der Waals surface area contributed by atoms with Crippen LogP contribution < -0.4 is 10.5 Å². The van der Waals surface area contributed by atoms with Crippen LogP contribution in [0.5, 0.6) is 0 Å². The van der Waals surface area contributed by atoms with Gasteiger partial charge in [-0.15, -0.1) is 0 Å². The number of thiophene rings is 1. The van der Waals surface area contributed by atoms with E-state index >= 15 is 0 Å². The number of nitrogens with zero attached hydrogens (tertiary/aromatic N) is 2. The minimum Gasteiger partial charge on any atom is -0.314 e. The van der Waals surface area contributed by atoms with Gasteiger partial charge in [0.25, 0.3) is 10.0 Å². The van der Waals surface area contributed by atoms with Crippen molar-refractivity contribution in [2.24, 2.45) is 5.73 Å². The van der Waals surface area contributed by atoms with Crippen molar-refractivity contribution in [2.75, 3.05) is 0 Å². The zero-order chi connectivity index (χ0) is 14.6. The molecule has 0 spiro atoms. The SMILES string of the molecule is N#C[C@H](N)[C@@H](NS(=O)(=O)c1ccccn1)c1ccsc1. The lowest BCUT2D eigenvalue weighted by atomic mass is 10.1. The molecule has 2 aromatic rings. The lowest BCUT2D eigenvalue weighted by Gasteiger charge is -2.19. The van der Waals surface area contributed by atoms with Crippen LogP contribution in [0.2, 0.25) is 0 Å². The summed E-state index contributed by atoms with van der Waals surface area (Å²) in [5, 5.41) is 12.4. The largest absolute Gasteiger partial charge is 0.314 e. The Labute approximate surface area is 120 Å². The summed E-state index contributed by atoms with van der Waals surface area (Å²) in [6.45, 7) is 0. The second-order valence-electron chi connectivity index (χ2n) is 3.98. The molecule has 0 aliphatic carbocycles. The van der Waals surface area contributed by atoms with Gasteiger partial charge >= 0.3 is 0 Å². The summed E-state index contributed by atoms with van der Waals surface area (Å²) in [5.74, 6) is 0. The first kappa shape index (κ1) is 14.6. The number of rotatable bonds is 5. The van der Waals surface area contributed by atoms with Gasteiger partial charge in [-0.2, -0.15) is 21.3 Å². The third-order valence-electron chi connectivity index (χ3n) is 2.61. The third-order valence-corrected chi connectivity index (χ3v) is 4.66. The van der Waals surface area contributed by atoms with Crippen molar-refractivity contribution in [3.05, 3.63) is 46.8 Å². The number of nitrogens with one attached hydrogen (secondary N) is 1. The van der Waals surface area contributed by atoms with Crippen LogP contribution in [-0.2, 0) is 10.0 Å². The number of pyridine rings is 1. The summed E-state index contributed by atoms with van der Waals surface area (Å²) in [7, 11) is -3.83. The predicted octanol–water partition coefficient (Wildman–Crippen LogP) is 1.01. The van der Waals surface area contributed by atoms with Crippen LogP contribution in [-0.4, -0.2) is 19.4 Å². The first-order valence-electron chi connectivity index (χ1n) is 5.65. The van der Waals surface area contributed by atoms with E-state index in [1.807, 2.05) is 6.07 Å². The lowest BCUT2D eigenvalue weighted by molar-refractivity contribution is 0.534. The standard InChI is InChI=1S/C12H12N4O2S2/c13-7-10(14)12(9-4-6-19-8-9)16-20(17,18)11-3-1-2-5-15-11/h1-6,8,10,12,16H,14H2/t10-,12-/m0/s1. The maximum Gasteiger partial charge on any atom is 0.258 e. The first-order valence-corrected chi connectivity index (χ1v) is 8.08. The van der Waals surface area contributed by atoms with Crippen molar-refractivity contribution in [3.63, 3.8) is 0 Å². The molecule has 2 aromatic heterocycles. The fourth-order valence-corrected chi connectivity index (χ4v) is 3.50. The molecule has 3 N–H and O–H groups in total. The molecule has 0 aliphatic heterocycles. The number of hydrogen-bond acceptors (Lipinski definition) is 6. The Kier molecular flexibility index (Phi) is 4.46. The Hall–Kier alpha value is -1.79. The summed E-state index contributed by atoms with van der Waals surface area (Å²) in [6.07, 6.45) is 1.39. The predicted molar refractivity (Wildman–Crippen MR) is 75.2 cm³/mol. The Morgan fingerprint density at radius 3 is 2.75 bits per heavy atom. The van der Waals surface area contributed by atoms with Crippen molar-refractivity contribution < 1.29 is 8.42 Å². The lowest BCUT2D eigenvalue weighted by Crippen LogP contribution is -2.40. The van der Waals surface area contributed by atoms with Crippen molar-refractivity contribution >= 4 is 21.4 Å². The summed E-state index contributed by atoms with van der Waals surface area (Å²) in [6, 6.07) is 6.38. The van der Waals surface area contributed by atoms with E-state index in [0.717, 1.165) is 0 Å². The van der Waals surface area contributed by atoms with Gasteiger partial charge in [-0.3, -0.25) is 0 Å². The van der Waals surface area contributed by atoms with Crippen molar-refractivity contribution in [2.45, 2.75) is 17.1 Å². The smallest absolute Gasteiger partial charge is 0.258 e. The minimum absolute atomic E-state index is 0.106. The van der Waals surface area contributed by atoms with Gasteiger partial charge in [-0.1, -0.05) is 6.07 Å². The van der Waals surface area contributed by atoms with E-state index < -0.39 is 22.1 Å². The molecule has 0 unspecified atom stereocenters. The number of nitriles is 1. The van der Waals surface area contributed by atoms with Crippen LogP contribution >= 0.6 is 11.3 Å². The van der Waals surface area contributed by atoms with E-state index in [4.69, 9.17) is 11.0 Å². The number of nitrogens with two attached hydrogens (primary N) is 1. The zero-order valence-electron chi connectivity index (χ0n) is 10.3. The van der Waals surface area contributed by atoms with E-state index in [-0.39, 0.29) is 5.03 Å². The normalized spacial score (nSPS) is 14.4. The Balaban J connectivity index is 2.32. The van der Waals surface area contributed by atoms with Crippen molar-refractivity contribution in [3.8, 4) is 6.07 Å². The van der Waals surface area contributed by atoms with Crippen molar-refractivity contribution in [1.29, 1.82) is 5.26 Å². The molecule has 0 aromatic carbocycles. The molecule has 0 saturated heterocycles. The van der Waals surface area contributed by atoms with Crippen molar-refractivity contribution in [1.82, 2.24) is 9.71 Å². The second-order valence-corrected chi connectivity index (χ2v) is 6.42. The highest BCUT2D eigenvalue weighted by molar-refractivity contribution is 7.89. The van der Waals surface area contributed by atoms with Gasteiger partial charge in [0, 0.05) is 6.20 Å². The molecular weight excluding hydrogens is 296 g/mol. The number of hydrogen-bond donors (Lipinski definition) is 2. The Morgan fingerprint density at radius 1 is 1.40 bits per heavy atom. The molecule has 0 saturated carbocycles. The molecule has 2 rings (SSSR count). The van der Waals surface area contributed by atoms with Crippen LogP contribution in [0.4, 0.5) is 0 Å². The molecular formula is C12H12N4O2S2. The molecule has 0 amide bonds. The maximum absolute atomic E-state index is 12.2. The molecule has 0 radical (unpaired) electrons. The molecule has 0 fully saturated rings. The summed E-state index contributed by atoms with van der Waals surface area (Å²) < 4.78 is 26.9. The van der Waals surface area contributed by atoms with E-state index in [2.05, 4.69) is 9.71 Å². The van der Waals surface area contributed by atoms with Crippen LogP contribution in [0.15, 0.2) is 46.2 Å². The molecule has 2 atom stereocenters. The van der Waals surface area contributed by atoms with Gasteiger partial charge in [0.15, 0.2) is 5.03 Å². The minimum atomic E-state index is -3.83. The molecule has 6 nitrogen and oxygen atoms in total. The molecule has 0 aliphatic rings. The fraction of sp³-hybridized carbons (Fsp3) is 0.167. The summed E-state index contributed by atoms with van der Waals surface area (Å²) in [4.78, 5) is 3.80.